The standard InChI is InChI=1S/C13H16N2O4S/c1-8-5-9(2)13(18-4)11(6-8)20(16,17)15-12-7-10(3)19-14-12/h5-7H,1-4H3,(H,14,15). The second-order valence-electron chi connectivity index (χ2n) is 4.54. The molecule has 2 rings (SSSR count). The molecule has 1 aromatic carbocycles. The molecule has 0 radical (unpaired) electrons. The van der Waals surface area contributed by atoms with E-state index in [4.69, 9.17) is 9.26 Å². The van der Waals surface area contributed by atoms with Crippen molar-refractivity contribution in [2.24, 2.45) is 0 Å². The van der Waals surface area contributed by atoms with Gasteiger partial charge in [-0.1, -0.05) is 11.2 Å². The number of ether oxygens (including phenoxy) is 1. The van der Waals surface area contributed by atoms with Crippen molar-refractivity contribution >= 4 is 15.8 Å². The molecule has 1 aromatic heterocycles. The van der Waals surface area contributed by atoms with E-state index in [9.17, 15) is 8.42 Å². The molecule has 7 heteroatoms. The maximum absolute atomic E-state index is 12.4. The van der Waals surface area contributed by atoms with Crippen LogP contribution < -0.4 is 9.46 Å². The van der Waals surface area contributed by atoms with Crippen molar-refractivity contribution in [1.29, 1.82) is 0 Å². The van der Waals surface area contributed by atoms with Crippen LogP contribution in [-0.4, -0.2) is 20.7 Å². The molecule has 0 fully saturated rings. The topological polar surface area (TPSA) is 81.4 Å². The van der Waals surface area contributed by atoms with Crippen LogP contribution >= 0.6 is 0 Å². The fourth-order valence-corrected chi connectivity index (χ4v) is 3.29. The molecular formula is C13H16N2O4S. The van der Waals surface area contributed by atoms with Gasteiger partial charge in [0.15, 0.2) is 5.82 Å². The molecule has 0 amide bonds. The Morgan fingerprint density at radius 2 is 1.90 bits per heavy atom. The molecule has 0 spiro atoms. The first-order valence-electron chi connectivity index (χ1n) is 5.95. The number of aryl methyl sites for hydroxylation is 3. The minimum Gasteiger partial charge on any atom is -0.495 e. The first-order chi connectivity index (χ1) is 9.33. The van der Waals surface area contributed by atoms with Crippen LogP contribution in [0, 0.1) is 20.8 Å². The molecule has 2 aromatic rings. The van der Waals surface area contributed by atoms with E-state index in [1.165, 1.54) is 13.2 Å². The summed E-state index contributed by atoms with van der Waals surface area (Å²) in [6.45, 7) is 5.30. The van der Waals surface area contributed by atoms with E-state index in [2.05, 4.69) is 9.88 Å². The molecule has 1 N–H and O–H groups in total. The third-order valence-electron chi connectivity index (χ3n) is 2.75. The average molecular weight is 296 g/mol. The summed E-state index contributed by atoms with van der Waals surface area (Å²) in [5.74, 6) is 0.988. The number of nitrogens with zero attached hydrogens (tertiary/aromatic N) is 1. The fourth-order valence-electron chi connectivity index (χ4n) is 1.98. The van der Waals surface area contributed by atoms with Gasteiger partial charge in [-0.05, 0) is 38.0 Å². The summed E-state index contributed by atoms with van der Waals surface area (Å²) in [6.07, 6.45) is 0. The Morgan fingerprint density at radius 1 is 1.20 bits per heavy atom. The lowest BCUT2D eigenvalue weighted by atomic mass is 10.1. The highest BCUT2D eigenvalue weighted by atomic mass is 32.2. The van der Waals surface area contributed by atoms with Gasteiger partial charge in [0.05, 0.1) is 7.11 Å². The van der Waals surface area contributed by atoms with Crippen LogP contribution in [0.15, 0.2) is 27.6 Å². The van der Waals surface area contributed by atoms with Crippen molar-refractivity contribution in [1.82, 2.24) is 5.16 Å². The number of methoxy groups -OCH3 is 1. The smallest absolute Gasteiger partial charge is 0.266 e. The minimum absolute atomic E-state index is 0.0816. The Bertz CT molecular complexity index is 735. The van der Waals surface area contributed by atoms with Gasteiger partial charge >= 0.3 is 0 Å². The zero-order valence-corrected chi connectivity index (χ0v) is 12.5. The highest BCUT2D eigenvalue weighted by Gasteiger charge is 2.22. The van der Waals surface area contributed by atoms with Gasteiger partial charge in [0.1, 0.15) is 16.4 Å². The highest BCUT2D eigenvalue weighted by molar-refractivity contribution is 7.92. The second-order valence-corrected chi connectivity index (χ2v) is 6.19. The first kappa shape index (κ1) is 14.4. The summed E-state index contributed by atoms with van der Waals surface area (Å²) < 4.78 is 37.3. The lowest BCUT2D eigenvalue weighted by Crippen LogP contribution is -2.15. The van der Waals surface area contributed by atoms with Crippen LogP contribution in [0.2, 0.25) is 0 Å². The maximum atomic E-state index is 12.4. The van der Waals surface area contributed by atoms with E-state index in [0.29, 0.717) is 11.5 Å². The first-order valence-corrected chi connectivity index (χ1v) is 7.43. The second kappa shape index (κ2) is 5.16. The lowest BCUT2D eigenvalue weighted by molar-refractivity contribution is 0.398. The number of anilines is 1. The summed E-state index contributed by atoms with van der Waals surface area (Å²) in [5, 5.41) is 3.62. The molecule has 1 heterocycles. The third kappa shape index (κ3) is 2.77. The Morgan fingerprint density at radius 3 is 2.45 bits per heavy atom. The zero-order chi connectivity index (χ0) is 14.9. The number of hydrogen-bond donors (Lipinski definition) is 1. The van der Waals surface area contributed by atoms with Crippen molar-refractivity contribution < 1.29 is 17.7 Å². The Hall–Kier alpha value is -2.02. The molecule has 0 atom stereocenters. The molecule has 0 aliphatic heterocycles. The molecule has 0 aliphatic carbocycles. The molecule has 6 nitrogen and oxygen atoms in total. The van der Waals surface area contributed by atoms with Crippen molar-refractivity contribution in [2.75, 3.05) is 11.8 Å². The molecule has 20 heavy (non-hydrogen) atoms. The van der Waals surface area contributed by atoms with E-state index in [1.807, 2.05) is 13.0 Å². The largest absolute Gasteiger partial charge is 0.495 e. The van der Waals surface area contributed by atoms with Gasteiger partial charge in [-0.15, -0.1) is 0 Å². The number of aromatic nitrogens is 1. The van der Waals surface area contributed by atoms with E-state index in [1.54, 1.807) is 19.9 Å². The molecular weight excluding hydrogens is 280 g/mol. The van der Waals surface area contributed by atoms with Crippen molar-refractivity contribution in [2.45, 2.75) is 25.7 Å². The molecule has 0 bridgehead atoms. The molecule has 0 unspecified atom stereocenters. The van der Waals surface area contributed by atoms with Gasteiger partial charge in [-0.25, -0.2) is 8.42 Å². The maximum Gasteiger partial charge on any atom is 0.266 e. The quantitative estimate of drug-likeness (QED) is 0.937. The number of sulfonamides is 1. The number of hydrogen-bond acceptors (Lipinski definition) is 5. The predicted molar refractivity (Wildman–Crippen MR) is 74.5 cm³/mol. The summed E-state index contributed by atoms with van der Waals surface area (Å²) in [5.41, 5.74) is 1.59. The minimum atomic E-state index is -3.79. The Labute approximate surface area is 117 Å². The van der Waals surface area contributed by atoms with E-state index in [-0.39, 0.29) is 10.7 Å². The molecule has 0 saturated carbocycles. The lowest BCUT2D eigenvalue weighted by Gasteiger charge is -2.13. The summed E-state index contributed by atoms with van der Waals surface area (Å²) in [6, 6.07) is 4.92. The monoisotopic (exact) mass is 296 g/mol. The zero-order valence-electron chi connectivity index (χ0n) is 11.7. The predicted octanol–water partition coefficient (Wildman–Crippen LogP) is 2.41. The van der Waals surface area contributed by atoms with Crippen LogP contribution in [0.5, 0.6) is 5.75 Å². The summed E-state index contributed by atoms with van der Waals surface area (Å²) in [4.78, 5) is 0.0816. The van der Waals surface area contributed by atoms with Gasteiger partial charge in [-0.3, -0.25) is 4.72 Å². The summed E-state index contributed by atoms with van der Waals surface area (Å²) in [7, 11) is -2.34. The average Bonchev–Trinajstić information content (AvgIpc) is 2.73. The van der Waals surface area contributed by atoms with Gasteiger partial charge in [0.2, 0.25) is 0 Å². The highest BCUT2D eigenvalue weighted by Crippen LogP contribution is 2.30. The van der Waals surface area contributed by atoms with Gasteiger partial charge in [-0.2, -0.15) is 0 Å². The number of rotatable bonds is 4. The van der Waals surface area contributed by atoms with Crippen molar-refractivity contribution in [3.05, 3.63) is 35.1 Å². The van der Waals surface area contributed by atoms with Gasteiger partial charge in [0.25, 0.3) is 10.0 Å². The fraction of sp³-hybridized carbons (Fsp3) is 0.308. The van der Waals surface area contributed by atoms with Crippen LogP contribution in [0.3, 0.4) is 0 Å². The van der Waals surface area contributed by atoms with Crippen LogP contribution in [0.25, 0.3) is 0 Å². The van der Waals surface area contributed by atoms with Crippen molar-refractivity contribution in [3.63, 3.8) is 0 Å². The third-order valence-corrected chi connectivity index (χ3v) is 4.11. The van der Waals surface area contributed by atoms with Crippen LogP contribution in [-0.2, 0) is 10.0 Å². The Kier molecular flexibility index (Phi) is 3.71. The number of nitrogens with one attached hydrogen (secondary N) is 1. The van der Waals surface area contributed by atoms with Gasteiger partial charge < -0.3 is 9.26 Å². The summed E-state index contributed by atoms with van der Waals surface area (Å²) >= 11 is 0. The van der Waals surface area contributed by atoms with Crippen LogP contribution in [0.4, 0.5) is 5.82 Å². The van der Waals surface area contributed by atoms with Gasteiger partial charge in [0, 0.05) is 6.07 Å². The Balaban J connectivity index is 2.49. The normalized spacial score (nSPS) is 11.4. The number of benzene rings is 1. The van der Waals surface area contributed by atoms with E-state index in [0.717, 1.165) is 11.1 Å². The van der Waals surface area contributed by atoms with E-state index < -0.39 is 10.0 Å². The van der Waals surface area contributed by atoms with E-state index >= 15 is 0 Å². The SMILES string of the molecule is COc1c(C)cc(C)cc1S(=O)(=O)Nc1cc(C)on1. The molecule has 108 valence electrons. The van der Waals surface area contributed by atoms with Crippen LogP contribution in [0.1, 0.15) is 16.9 Å². The molecule has 0 aliphatic rings. The molecule has 0 saturated heterocycles. The van der Waals surface area contributed by atoms with Crippen molar-refractivity contribution in [3.8, 4) is 5.75 Å².